The molecule has 18 rings (SSSR count). The first-order valence-electron chi connectivity index (χ1n) is 38.6. The Bertz CT molecular complexity index is 3110. The van der Waals surface area contributed by atoms with E-state index in [1.165, 1.54) is 19.8 Å². The maximum absolute atomic E-state index is 12.6. The van der Waals surface area contributed by atoms with E-state index >= 15 is 0 Å². The van der Waals surface area contributed by atoms with Gasteiger partial charge in [0.2, 0.25) is 0 Å². The first kappa shape index (κ1) is 75.8. The van der Waals surface area contributed by atoms with Crippen LogP contribution in [-0.2, 0) is 76.3 Å². The number of esters is 8. The standard InChI is InChI=1S/C18H28O4.C16H26O4.C16H26O3.2C15H22O4/c1-5-16(3,4)15(20)22-18-9-13-6-14(10-18)8-17(7-13,11-18)21-12(2)19;1-4-13(2,3)12(17)20-16-7-11-5-14(18,9-16)8-15(19,6-11)10-16;1-4-14(2,3)13(17)19-16-8-11-5-12(9-16)7-15(18,6-11)10-16;1-5-14(2,3)12(16)18-10-8-6-9-11(10)19-13(17)15(9,4)7-8;1-5-15(3,4)14(17)19-11-8-6-9-10(7(8)2)13(16)18-12(9)11/h13-14H,5-11H2,1-4H3;11,18-19H,4-10H2,1-3H3;11-12,18H,4-10H2,1-3H3;8-11H,5-7H2,1-4H3;7-12H,5-6H2,1-4H3. The summed E-state index contributed by atoms with van der Waals surface area (Å²) in [5.74, 6) is 2.76. The summed E-state index contributed by atoms with van der Waals surface area (Å²) in [5.41, 5.74) is -6.64. The van der Waals surface area contributed by atoms with Crippen LogP contribution in [0.5, 0.6) is 0 Å². The molecule has 0 amide bonds. The predicted molar refractivity (Wildman–Crippen MR) is 365 cm³/mol. The minimum absolute atomic E-state index is 0.0455. The molecule has 0 aromatic heterocycles. The van der Waals surface area contributed by atoms with E-state index in [0.29, 0.717) is 67.6 Å². The molecule has 2 heterocycles. The Balaban J connectivity index is 0.000000125. The minimum atomic E-state index is -0.842. The highest BCUT2D eigenvalue weighted by Gasteiger charge is 2.71. The van der Waals surface area contributed by atoms with Crippen molar-refractivity contribution in [2.24, 2.45) is 97.6 Å². The van der Waals surface area contributed by atoms with Gasteiger partial charge in [0.1, 0.15) is 46.8 Å². The Morgan fingerprint density at radius 1 is 0.434 bits per heavy atom. The molecule has 16 saturated carbocycles. The highest BCUT2D eigenvalue weighted by atomic mass is 16.6. The van der Waals surface area contributed by atoms with E-state index < -0.39 is 55.1 Å². The van der Waals surface area contributed by atoms with Crippen LogP contribution in [0.25, 0.3) is 0 Å². The largest absolute Gasteiger partial charge is 0.459 e. The summed E-state index contributed by atoms with van der Waals surface area (Å²) in [6.45, 7) is 34.7. The Kier molecular flexibility index (Phi) is 19.7. The van der Waals surface area contributed by atoms with E-state index in [2.05, 4.69) is 6.92 Å². The molecule has 2 aliphatic heterocycles. The molecule has 17 unspecified atom stereocenters. The second-order valence-corrected chi connectivity index (χ2v) is 39.0. The molecule has 0 aromatic carbocycles. The topological polar surface area (TPSA) is 271 Å². The maximum Gasteiger partial charge on any atom is 0.312 e. The summed E-state index contributed by atoms with van der Waals surface area (Å²) in [6.07, 6.45) is 20.7. The zero-order valence-electron chi connectivity index (χ0n) is 63.4. The van der Waals surface area contributed by atoms with Crippen LogP contribution in [0.3, 0.4) is 0 Å². The summed E-state index contributed by atoms with van der Waals surface area (Å²) in [6, 6.07) is 0. The SMILES string of the molecule is CCC(C)(C)C(=O)OC12CC3CC(CC(O)(C3)C1)C2.CCC(C)(C)C(=O)OC12CC3CC(CC(OC(C)=O)(C3)C1)C2.CCC(C)(C)C(=O)OC12CC3CC(O)(CC(O)(C3)C1)C2.CCC(C)(C)C(=O)OC1C2CC3C1OC(=O)C3(C)C2.CCC(C)(C)C(=O)OC1C2CC3C1OC(=O)C3C2C. The average Bonchev–Trinajstić information content (AvgIpc) is 1.62. The molecule has 18 aliphatic rings. The molecule has 16 bridgehead atoms. The summed E-state index contributed by atoms with van der Waals surface area (Å²) in [7, 11) is 0. The van der Waals surface area contributed by atoms with Crippen LogP contribution < -0.4 is 0 Å². The van der Waals surface area contributed by atoms with E-state index in [4.69, 9.17) is 37.9 Å². The molecule has 0 aromatic rings. The van der Waals surface area contributed by atoms with Gasteiger partial charge in [0, 0.05) is 62.7 Å². The molecule has 99 heavy (non-hydrogen) atoms. The summed E-state index contributed by atoms with van der Waals surface area (Å²) in [5, 5.41) is 32.0. The number of ether oxygens (including phenoxy) is 8. The van der Waals surface area contributed by atoms with Gasteiger partial charge >= 0.3 is 47.8 Å². The van der Waals surface area contributed by atoms with Crippen LogP contribution >= 0.6 is 0 Å². The molecular weight excluding hydrogens is 1260 g/mol. The first-order valence-corrected chi connectivity index (χ1v) is 38.6. The number of carbonyl (C=O) groups excluding carboxylic acids is 8. The number of hydrogen-bond acceptors (Lipinski definition) is 19. The van der Waals surface area contributed by atoms with Crippen molar-refractivity contribution in [3.05, 3.63) is 0 Å². The lowest BCUT2D eigenvalue weighted by Crippen LogP contribution is -2.67. The molecular formula is C80H124O19. The van der Waals surface area contributed by atoms with E-state index in [9.17, 15) is 53.7 Å². The summed E-state index contributed by atoms with van der Waals surface area (Å²) < 4.78 is 46.1. The van der Waals surface area contributed by atoms with Crippen LogP contribution in [0.15, 0.2) is 0 Å². The van der Waals surface area contributed by atoms with Crippen LogP contribution in [0, 0.1) is 97.6 Å². The molecule has 3 N–H and O–H groups in total. The van der Waals surface area contributed by atoms with E-state index in [-0.39, 0.29) is 118 Å². The lowest BCUT2D eigenvalue weighted by Gasteiger charge is -2.62. The van der Waals surface area contributed by atoms with Gasteiger partial charge in [-0.05, 0) is 247 Å². The third kappa shape index (κ3) is 14.3. The monoisotopic (exact) mass is 1390 g/mol. The molecule has 0 spiro atoms. The third-order valence-corrected chi connectivity index (χ3v) is 28.7. The van der Waals surface area contributed by atoms with Crippen molar-refractivity contribution in [2.45, 2.75) is 355 Å². The number of rotatable bonds is 16. The number of aliphatic hydroxyl groups is 3. The Hall–Kier alpha value is -4.36. The lowest BCUT2D eigenvalue weighted by molar-refractivity contribution is -0.264. The minimum Gasteiger partial charge on any atom is -0.459 e. The van der Waals surface area contributed by atoms with Gasteiger partial charge in [-0.1, -0.05) is 41.5 Å². The summed E-state index contributed by atoms with van der Waals surface area (Å²) in [4.78, 5) is 97.1. The van der Waals surface area contributed by atoms with Crippen molar-refractivity contribution in [1.29, 1.82) is 0 Å². The average molecular weight is 1390 g/mol. The highest BCUT2D eigenvalue weighted by Crippen LogP contribution is 2.66. The fourth-order valence-electron chi connectivity index (χ4n) is 22.5. The third-order valence-electron chi connectivity index (χ3n) is 28.7. The van der Waals surface area contributed by atoms with Crippen molar-refractivity contribution in [2.75, 3.05) is 0 Å². The molecule has 19 heteroatoms. The van der Waals surface area contributed by atoms with Gasteiger partial charge in [0.25, 0.3) is 0 Å². The van der Waals surface area contributed by atoms with E-state index in [1.54, 1.807) is 0 Å². The predicted octanol–water partition coefficient (Wildman–Crippen LogP) is 13.3. The van der Waals surface area contributed by atoms with Gasteiger partial charge in [0.15, 0.2) is 0 Å². The van der Waals surface area contributed by atoms with Crippen molar-refractivity contribution < 1.29 is 91.6 Å². The normalized spacial score (nSPS) is 43.4. The van der Waals surface area contributed by atoms with Gasteiger partial charge < -0.3 is 53.2 Å². The number of carbonyl (C=O) groups is 8. The van der Waals surface area contributed by atoms with Crippen molar-refractivity contribution in [3.8, 4) is 0 Å². The van der Waals surface area contributed by atoms with Crippen LogP contribution in [0.4, 0.5) is 0 Å². The number of hydrogen-bond donors (Lipinski definition) is 3. The molecule has 2 saturated heterocycles. The molecule has 16 aliphatic carbocycles. The molecule has 17 atom stereocenters. The highest BCUT2D eigenvalue weighted by molar-refractivity contribution is 5.82. The summed E-state index contributed by atoms with van der Waals surface area (Å²) >= 11 is 0. The first-order chi connectivity index (χ1) is 45.7. The van der Waals surface area contributed by atoms with Crippen molar-refractivity contribution >= 4 is 47.8 Å². The van der Waals surface area contributed by atoms with Crippen molar-refractivity contribution in [1.82, 2.24) is 0 Å². The van der Waals surface area contributed by atoms with E-state index in [0.717, 1.165) is 122 Å². The van der Waals surface area contributed by atoms with Crippen LogP contribution in [-0.4, -0.2) is 127 Å². The van der Waals surface area contributed by atoms with Gasteiger partial charge in [-0.2, -0.15) is 0 Å². The van der Waals surface area contributed by atoms with Crippen LogP contribution in [0.2, 0.25) is 0 Å². The van der Waals surface area contributed by atoms with Gasteiger partial charge in [-0.25, -0.2) is 0 Å². The second-order valence-electron chi connectivity index (χ2n) is 39.0. The van der Waals surface area contributed by atoms with Crippen molar-refractivity contribution in [3.63, 3.8) is 0 Å². The zero-order chi connectivity index (χ0) is 72.8. The molecule has 558 valence electrons. The molecule has 0 radical (unpaired) electrons. The smallest absolute Gasteiger partial charge is 0.312 e. The fourth-order valence-corrected chi connectivity index (χ4v) is 22.5. The maximum atomic E-state index is 12.6. The Morgan fingerprint density at radius 3 is 1.25 bits per heavy atom. The molecule has 19 nitrogen and oxygen atoms in total. The fraction of sp³-hybridized carbons (Fsp3) is 0.900. The quantitative estimate of drug-likeness (QED) is 0.0957. The molecule has 18 fully saturated rings. The van der Waals surface area contributed by atoms with Gasteiger partial charge in [-0.3, -0.25) is 38.4 Å². The second kappa shape index (κ2) is 25.8. The van der Waals surface area contributed by atoms with Crippen LogP contribution in [0.1, 0.15) is 292 Å². The Morgan fingerprint density at radius 2 is 0.818 bits per heavy atom. The van der Waals surface area contributed by atoms with E-state index in [1.807, 2.05) is 111 Å². The zero-order valence-corrected chi connectivity index (χ0v) is 63.4. The van der Waals surface area contributed by atoms with Gasteiger partial charge in [0.05, 0.1) is 55.2 Å². The number of fused-ring (bicyclic) bond motifs is 2. The Labute approximate surface area is 589 Å². The van der Waals surface area contributed by atoms with Gasteiger partial charge in [-0.15, -0.1) is 0 Å². The lowest BCUT2D eigenvalue weighted by atomic mass is 9.50.